The summed E-state index contributed by atoms with van der Waals surface area (Å²) < 4.78 is 0. The van der Waals surface area contributed by atoms with Gasteiger partial charge in [0.2, 0.25) is 0 Å². The molecular formula is C16H16Cl2S. The Morgan fingerprint density at radius 2 is 1.89 bits per heavy atom. The lowest BCUT2D eigenvalue weighted by Crippen LogP contribution is -2.04. The largest absolute Gasteiger partial charge is 0.145 e. The summed E-state index contributed by atoms with van der Waals surface area (Å²) in [7, 11) is 0. The zero-order chi connectivity index (χ0) is 13.4. The second-order valence-electron chi connectivity index (χ2n) is 5.19. The lowest BCUT2D eigenvalue weighted by molar-refractivity contribution is 0.684. The van der Waals surface area contributed by atoms with Crippen LogP contribution in [0, 0.1) is 6.92 Å². The van der Waals surface area contributed by atoms with E-state index in [1.165, 1.54) is 42.4 Å². The van der Waals surface area contributed by atoms with Gasteiger partial charge in [-0.3, -0.25) is 0 Å². The van der Waals surface area contributed by atoms with Gasteiger partial charge in [-0.05, 0) is 60.2 Å². The maximum Gasteiger partial charge on any atom is 0.0942 e. The summed E-state index contributed by atoms with van der Waals surface area (Å²) in [5.74, 6) is 0. The first kappa shape index (κ1) is 13.5. The molecule has 19 heavy (non-hydrogen) atoms. The highest BCUT2D eigenvalue weighted by Crippen LogP contribution is 2.40. The number of alkyl halides is 1. The van der Waals surface area contributed by atoms with Crippen molar-refractivity contribution >= 4 is 34.5 Å². The highest BCUT2D eigenvalue weighted by molar-refractivity contribution is 7.11. The zero-order valence-electron chi connectivity index (χ0n) is 10.9. The summed E-state index contributed by atoms with van der Waals surface area (Å²) in [5, 5.41) is 2.77. The second kappa shape index (κ2) is 5.47. The van der Waals surface area contributed by atoms with Crippen molar-refractivity contribution in [3.05, 3.63) is 55.7 Å². The van der Waals surface area contributed by atoms with E-state index in [2.05, 4.69) is 23.6 Å². The van der Waals surface area contributed by atoms with Crippen LogP contribution in [-0.2, 0) is 12.8 Å². The molecule has 0 bridgehead atoms. The first-order valence-corrected chi connectivity index (χ1v) is 8.35. The van der Waals surface area contributed by atoms with Crippen LogP contribution in [-0.4, -0.2) is 0 Å². The van der Waals surface area contributed by atoms with E-state index in [0.29, 0.717) is 0 Å². The normalized spacial score (nSPS) is 16.2. The van der Waals surface area contributed by atoms with Crippen LogP contribution in [0.3, 0.4) is 0 Å². The minimum atomic E-state index is -0.126. The molecule has 0 amide bonds. The van der Waals surface area contributed by atoms with Crippen LogP contribution in [0.1, 0.15) is 45.3 Å². The van der Waals surface area contributed by atoms with Crippen molar-refractivity contribution in [2.75, 3.05) is 0 Å². The number of benzene rings is 1. The standard InChI is InChI=1S/C16H16Cl2S/c1-10-9-19-16(14(10)17)15(18)13-7-6-11-4-2-3-5-12(11)8-13/h6-9,15H,2-5H2,1H3. The SMILES string of the molecule is Cc1csc(C(Cl)c2ccc3c(c2)CCCC3)c1Cl. The van der Waals surface area contributed by atoms with Crippen molar-refractivity contribution in [1.82, 2.24) is 0 Å². The summed E-state index contributed by atoms with van der Waals surface area (Å²) >= 11 is 14.6. The first-order valence-electron chi connectivity index (χ1n) is 6.66. The molecule has 0 N–H and O–H groups in total. The molecule has 0 radical (unpaired) electrons. The molecule has 3 rings (SSSR count). The van der Waals surface area contributed by atoms with Crippen LogP contribution in [0.4, 0.5) is 0 Å². The van der Waals surface area contributed by atoms with E-state index in [-0.39, 0.29) is 5.38 Å². The van der Waals surface area contributed by atoms with Gasteiger partial charge in [-0.1, -0.05) is 29.8 Å². The fourth-order valence-electron chi connectivity index (χ4n) is 2.68. The molecule has 1 aromatic carbocycles. The van der Waals surface area contributed by atoms with Gasteiger partial charge in [0.1, 0.15) is 0 Å². The van der Waals surface area contributed by atoms with Crippen molar-refractivity contribution in [2.45, 2.75) is 38.0 Å². The van der Waals surface area contributed by atoms with Crippen LogP contribution in [0.25, 0.3) is 0 Å². The molecule has 0 spiro atoms. The molecular weight excluding hydrogens is 295 g/mol. The Balaban J connectivity index is 1.95. The van der Waals surface area contributed by atoms with Gasteiger partial charge in [0.05, 0.1) is 10.4 Å². The summed E-state index contributed by atoms with van der Waals surface area (Å²) in [6.07, 6.45) is 5.00. The minimum absolute atomic E-state index is 0.126. The van der Waals surface area contributed by atoms with E-state index >= 15 is 0 Å². The van der Waals surface area contributed by atoms with Gasteiger partial charge in [0.25, 0.3) is 0 Å². The third-order valence-electron chi connectivity index (χ3n) is 3.82. The van der Waals surface area contributed by atoms with Crippen molar-refractivity contribution in [2.24, 2.45) is 0 Å². The molecule has 0 aliphatic heterocycles. The monoisotopic (exact) mass is 310 g/mol. The third kappa shape index (κ3) is 2.56. The predicted molar refractivity (Wildman–Crippen MR) is 84.8 cm³/mol. The highest BCUT2D eigenvalue weighted by atomic mass is 35.5. The number of hydrogen-bond donors (Lipinski definition) is 0. The van der Waals surface area contributed by atoms with E-state index in [0.717, 1.165) is 15.5 Å². The van der Waals surface area contributed by atoms with Crippen molar-refractivity contribution in [1.29, 1.82) is 0 Å². The molecule has 1 aromatic heterocycles. The molecule has 1 unspecified atom stereocenters. The number of fused-ring (bicyclic) bond motifs is 1. The molecule has 1 heterocycles. The van der Waals surface area contributed by atoms with Gasteiger partial charge in [-0.25, -0.2) is 0 Å². The van der Waals surface area contributed by atoms with Crippen LogP contribution in [0.2, 0.25) is 5.02 Å². The molecule has 100 valence electrons. The molecule has 1 aliphatic rings. The van der Waals surface area contributed by atoms with Crippen LogP contribution in [0.5, 0.6) is 0 Å². The smallest absolute Gasteiger partial charge is 0.0942 e. The van der Waals surface area contributed by atoms with E-state index in [1.54, 1.807) is 11.3 Å². The summed E-state index contributed by atoms with van der Waals surface area (Å²) in [6, 6.07) is 6.68. The maximum absolute atomic E-state index is 6.62. The van der Waals surface area contributed by atoms with Crippen molar-refractivity contribution < 1.29 is 0 Å². The maximum atomic E-state index is 6.62. The summed E-state index contributed by atoms with van der Waals surface area (Å²) in [6.45, 7) is 2.03. The molecule has 0 fully saturated rings. The van der Waals surface area contributed by atoms with Gasteiger partial charge < -0.3 is 0 Å². The molecule has 1 aliphatic carbocycles. The van der Waals surface area contributed by atoms with Gasteiger partial charge in [0, 0.05) is 4.88 Å². The zero-order valence-corrected chi connectivity index (χ0v) is 13.2. The number of thiophene rings is 1. The van der Waals surface area contributed by atoms with Gasteiger partial charge in [-0.15, -0.1) is 22.9 Å². The van der Waals surface area contributed by atoms with Crippen LogP contribution in [0.15, 0.2) is 23.6 Å². The topological polar surface area (TPSA) is 0 Å². The predicted octanol–water partition coefficient (Wildman–Crippen LogP) is 5.92. The summed E-state index contributed by atoms with van der Waals surface area (Å²) in [5.41, 5.74) is 5.25. The average molecular weight is 311 g/mol. The number of rotatable bonds is 2. The van der Waals surface area contributed by atoms with Crippen LogP contribution >= 0.6 is 34.5 Å². The molecule has 0 saturated carbocycles. The van der Waals surface area contributed by atoms with E-state index < -0.39 is 0 Å². The Bertz CT molecular complexity index is 601. The Hall–Kier alpha value is -0.500. The van der Waals surface area contributed by atoms with Gasteiger partial charge >= 0.3 is 0 Å². The Labute approximate surface area is 128 Å². The number of hydrogen-bond acceptors (Lipinski definition) is 1. The lowest BCUT2D eigenvalue weighted by Gasteiger charge is -2.18. The minimum Gasteiger partial charge on any atom is -0.145 e. The summed E-state index contributed by atoms with van der Waals surface area (Å²) in [4.78, 5) is 1.07. The van der Waals surface area contributed by atoms with Crippen LogP contribution < -0.4 is 0 Å². The third-order valence-corrected chi connectivity index (χ3v) is 6.20. The molecule has 0 nitrogen and oxygen atoms in total. The van der Waals surface area contributed by atoms with E-state index in [1.807, 2.05) is 6.92 Å². The fourth-order valence-corrected chi connectivity index (χ4v) is 4.44. The number of halogens is 2. The van der Waals surface area contributed by atoms with Crippen molar-refractivity contribution in [3.63, 3.8) is 0 Å². The van der Waals surface area contributed by atoms with Crippen molar-refractivity contribution in [3.8, 4) is 0 Å². The van der Waals surface area contributed by atoms with E-state index in [4.69, 9.17) is 23.2 Å². The number of aryl methyl sites for hydroxylation is 3. The Morgan fingerprint density at radius 1 is 1.16 bits per heavy atom. The van der Waals surface area contributed by atoms with Gasteiger partial charge in [0.15, 0.2) is 0 Å². The average Bonchev–Trinajstić information content (AvgIpc) is 2.78. The molecule has 0 saturated heterocycles. The first-order chi connectivity index (χ1) is 9.16. The molecule has 2 aromatic rings. The highest BCUT2D eigenvalue weighted by Gasteiger charge is 2.19. The Kier molecular flexibility index (Phi) is 3.88. The quantitative estimate of drug-likeness (QED) is 0.604. The van der Waals surface area contributed by atoms with E-state index in [9.17, 15) is 0 Å². The lowest BCUT2D eigenvalue weighted by atomic mass is 9.90. The molecule has 1 atom stereocenters. The Morgan fingerprint density at radius 3 is 2.58 bits per heavy atom. The van der Waals surface area contributed by atoms with Gasteiger partial charge in [-0.2, -0.15) is 0 Å². The fraction of sp³-hybridized carbons (Fsp3) is 0.375. The molecule has 3 heteroatoms. The second-order valence-corrected chi connectivity index (χ2v) is 6.92.